The maximum atomic E-state index is 12.2. The Bertz CT molecular complexity index is 674. The molecule has 23 heavy (non-hydrogen) atoms. The summed E-state index contributed by atoms with van der Waals surface area (Å²) in [5.74, 6) is 1.48. The number of carbonyl (C=O) groups excluding carboxylic acids is 1. The zero-order chi connectivity index (χ0) is 16.2. The lowest BCUT2D eigenvalue weighted by atomic mass is 10.0. The number of benzene rings is 1. The number of piperidine rings is 1. The quantitative estimate of drug-likeness (QED) is 0.785. The number of nitrogens with zero attached hydrogens (tertiary/aromatic N) is 3. The van der Waals surface area contributed by atoms with Crippen molar-refractivity contribution in [3.8, 4) is 11.5 Å². The molecule has 0 saturated carbocycles. The molecule has 1 amide bonds. The Morgan fingerprint density at radius 2 is 2.17 bits per heavy atom. The molecule has 1 aliphatic rings. The summed E-state index contributed by atoms with van der Waals surface area (Å²) in [7, 11) is 0. The van der Waals surface area contributed by atoms with Gasteiger partial charge in [0, 0.05) is 23.7 Å². The van der Waals surface area contributed by atoms with Crippen molar-refractivity contribution < 1.29 is 9.21 Å². The summed E-state index contributed by atoms with van der Waals surface area (Å²) < 4.78 is 5.60. The number of rotatable bonds is 4. The summed E-state index contributed by atoms with van der Waals surface area (Å²) in [6, 6.07) is 7.19. The number of thioether (sulfide) groups is 1. The number of likely N-dealkylation sites (tertiary alicyclic amines) is 1. The van der Waals surface area contributed by atoms with Crippen molar-refractivity contribution in [1.29, 1.82) is 0 Å². The fraction of sp³-hybridized carbons (Fsp3) is 0.438. The van der Waals surface area contributed by atoms with E-state index in [4.69, 9.17) is 16.0 Å². The molecule has 1 aromatic heterocycles. The van der Waals surface area contributed by atoms with Crippen LogP contribution in [0.15, 0.2) is 33.9 Å². The van der Waals surface area contributed by atoms with Gasteiger partial charge in [-0.25, -0.2) is 0 Å². The minimum Gasteiger partial charge on any atom is -0.411 e. The first-order valence-electron chi connectivity index (χ1n) is 7.62. The van der Waals surface area contributed by atoms with E-state index < -0.39 is 0 Å². The average molecular weight is 352 g/mol. The average Bonchev–Trinajstić information content (AvgIpc) is 3.02. The second kappa shape index (κ2) is 7.36. The van der Waals surface area contributed by atoms with Crippen LogP contribution in [0.3, 0.4) is 0 Å². The number of aromatic nitrogens is 2. The van der Waals surface area contributed by atoms with E-state index in [0.717, 1.165) is 25.1 Å². The molecular weight excluding hydrogens is 334 g/mol. The second-order valence-corrected chi connectivity index (χ2v) is 7.12. The SMILES string of the molecule is CC1CCCN(C(=O)CSc2nnc(-c3ccc(Cl)cc3)o2)C1. The summed E-state index contributed by atoms with van der Waals surface area (Å²) in [5, 5.41) is 9.07. The van der Waals surface area contributed by atoms with E-state index in [2.05, 4.69) is 17.1 Å². The van der Waals surface area contributed by atoms with E-state index >= 15 is 0 Å². The molecule has 3 rings (SSSR count). The summed E-state index contributed by atoms with van der Waals surface area (Å²) in [6.07, 6.45) is 2.28. The van der Waals surface area contributed by atoms with Gasteiger partial charge in [-0.1, -0.05) is 30.3 Å². The van der Waals surface area contributed by atoms with Gasteiger partial charge in [0.05, 0.1) is 5.75 Å². The van der Waals surface area contributed by atoms with Gasteiger partial charge in [0.25, 0.3) is 5.22 Å². The molecule has 2 heterocycles. The highest BCUT2D eigenvalue weighted by molar-refractivity contribution is 7.99. The van der Waals surface area contributed by atoms with Gasteiger partial charge in [-0.15, -0.1) is 10.2 Å². The molecule has 0 bridgehead atoms. The summed E-state index contributed by atoms with van der Waals surface area (Å²) in [5.41, 5.74) is 0.810. The van der Waals surface area contributed by atoms with Gasteiger partial charge in [0.15, 0.2) is 0 Å². The van der Waals surface area contributed by atoms with Gasteiger partial charge in [0.1, 0.15) is 0 Å². The number of carbonyl (C=O) groups is 1. The number of hydrogen-bond donors (Lipinski definition) is 0. The molecule has 1 unspecified atom stereocenters. The zero-order valence-corrected chi connectivity index (χ0v) is 14.4. The van der Waals surface area contributed by atoms with Crippen LogP contribution in [0.25, 0.3) is 11.5 Å². The van der Waals surface area contributed by atoms with Crippen LogP contribution in [0, 0.1) is 5.92 Å². The second-order valence-electron chi connectivity index (χ2n) is 5.76. The summed E-state index contributed by atoms with van der Waals surface area (Å²) in [6.45, 7) is 3.88. The fourth-order valence-corrected chi connectivity index (χ4v) is 3.40. The minimum absolute atomic E-state index is 0.132. The van der Waals surface area contributed by atoms with Gasteiger partial charge in [-0.2, -0.15) is 0 Å². The lowest BCUT2D eigenvalue weighted by Crippen LogP contribution is -2.40. The van der Waals surface area contributed by atoms with E-state index in [1.54, 1.807) is 12.1 Å². The molecule has 0 N–H and O–H groups in total. The third-order valence-electron chi connectivity index (χ3n) is 3.83. The van der Waals surface area contributed by atoms with Crippen molar-refractivity contribution in [3.05, 3.63) is 29.3 Å². The standard InChI is InChI=1S/C16H18ClN3O2S/c1-11-3-2-8-20(9-11)14(21)10-23-16-19-18-15(22-16)12-4-6-13(17)7-5-12/h4-7,11H,2-3,8-10H2,1H3. The Hall–Kier alpha value is -1.53. The van der Waals surface area contributed by atoms with Gasteiger partial charge >= 0.3 is 0 Å². The molecular formula is C16H18ClN3O2S. The largest absolute Gasteiger partial charge is 0.411 e. The van der Waals surface area contributed by atoms with E-state index in [0.29, 0.717) is 27.8 Å². The molecule has 1 saturated heterocycles. The third kappa shape index (κ3) is 4.26. The van der Waals surface area contributed by atoms with Crippen LogP contribution in [-0.2, 0) is 4.79 Å². The highest BCUT2D eigenvalue weighted by atomic mass is 35.5. The van der Waals surface area contributed by atoms with Crippen molar-refractivity contribution in [2.75, 3.05) is 18.8 Å². The number of amides is 1. The van der Waals surface area contributed by atoms with Crippen molar-refractivity contribution in [3.63, 3.8) is 0 Å². The van der Waals surface area contributed by atoms with Crippen LogP contribution in [0.5, 0.6) is 0 Å². The highest BCUT2D eigenvalue weighted by Gasteiger charge is 2.21. The van der Waals surface area contributed by atoms with Crippen molar-refractivity contribution in [2.24, 2.45) is 5.92 Å². The predicted octanol–water partition coefficient (Wildman–Crippen LogP) is 3.74. The molecule has 5 nitrogen and oxygen atoms in total. The topological polar surface area (TPSA) is 59.2 Å². The Labute approximate surface area is 144 Å². The minimum atomic E-state index is 0.132. The van der Waals surface area contributed by atoms with E-state index in [1.165, 1.54) is 18.2 Å². The van der Waals surface area contributed by atoms with Crippen molar-refractivity contribution in [2.45, 2.75) is 25.0 Å². The number of hydrogen-bond acceptors (Lipinski definition) is 5. The van der Waals surface area contributed by atoms with Gasteiger partial charge in [-0.3, -0.25) is 4.79 Å². The van der Waals surface area contributed by atoms with Crippen molar-refractivity contribution >= 4 is 29.3 Å². The van der Waals surface area contributed by atoms with E-state index in [9.17, 15) is 4.79 Å². The first-order chi connectivity index (χ1) is 11.1. The first kappa shape index (κ1) is 16.3. The van der Waals surface area contributed by atoms with Crippen LogP contribution in [0.4, 0.5) is 0 Å². The van der Waals surface area contributed by atoms with E-state index in [-0.39, 0.29) is 5.91 Å². The Morgan fingerprint density at radius 1 is 1.39 bits per heavy atom. The molecule has 1 aliphatic heterocycles. The third-order valence-corrected chi connectivity index (χ3v) is 4.88. The molecule has 0 radical (unpaired) electrons. The molecule has 122 valence electrons. The fourth-order valence-electron chi connectivity index (χ4n) is 2.61. The Balaban J connectivity index is 1.56. The molecule has 1 atom stereocenters. The normalized spacial score (nSPS) is 18.2. The first-order valence-corrected chi connectivity index (χ1v) is 8.98. The Kier molecular flexibility index (Phi) is 5.23. The lowest BCUT2D eigenvalue weighted by Gasteiger charge is -2.30. The van der Waals surface area contributed by atoms with Crippen LogP contribution >= 0.6 is 23.4 Å². The van der Waals surface area contributed by atoms with Crippen LogP contribution in [0.2, 0.25) is 5.02 Å². The van der Waals surface area contributed by atoms with Crippen LogP contribution in [0.1, 0.15) is 19.8 Å². The van der Waals surface area contributed by atoms with Crippen molar-refractivity contribution in [1.82, 2.24) is 15.1 Å². The smallest absolute Gasteiger partial charge is 0.277 e. The molecule has 7 heteroatoms. The molecule has 2 aromatic rings. The van der Waals surface area contributed by atoms with Gasteiger partial charge < -0.3 is 9.32 Å². The summed E-state index contributed by atoms with van der Waals surface area (Å²) in [4.78, 5) is 14.2. The maximum Gasteiger partial charge on any atom is 0.277 e. The summed E-state index contributed by atoms with van der Waals surface area (Å²) >= 11 is 7.14. The molecule has 0 spiro atoms. The Morgan fingerprint density at radius 3 is 2.91 bits per heavy atom. The maximum absolute atomic E-state index is 12.2. The number of halogens is 1. The highest BCUT2D eigenvalue weighted by Crippen LogP contribution is 2.25. The van der Waals surface area contributed by atoms with Gasteiger partial charge in [-0.05, 0) is 43.0 Å². The molecule has 0 aliphatic carbocycles. The monoisotopic (exact) mass is 351 g/mol. The van der Waals surface area contributed by atoms with Crippen LogP contribution < -0.4 is 0 Å². The van der Waals surface area contributed by atoms with E-state index in [1.807, 2.05) is 17.0 Å². The molecule has 1 fully saturated rings. The molecule has 1 aromatic carbocycles. The zero-order valence-electron chi connectivity index (χ0n) is 12.9. The van der Waals surface area contributed by atoms with Gasteiger partial charge in [0.2, 0.25) is 11.8 Å². The lowest BCUT2D eigenvalue weighted by molar-refractivity contribution is -0.130. The predicted molar refractivity (Wildman–Crippen MR) is 90.4 cm³/mol. The van der Waals surface area contributed by atoms with Crippen LogP contribution in [-0.4, -0.2) is 39.8 Å².